The van der Waals surface area contributed by atoms with Gasteiger partial charge in [-0.05, 0) is 49.1 Å². The molecule has 0 radical (unpaired) electrons. The van der Waals surface area contributed by atoms with Gasteiger partial charge in [0.2, 0.25) is 5.91 Å². The van der Waals surface area contributed by atoms with Crippen LogP contribution in [0.3, 0.4) is 0 Å². The van der Waals surface area contributed by atoms with Crippen LogP contribution in [0.15, 0.2) is 53.4 Å². The minimum atomic E-state index is -4.70. The van der Waals surface area contributed by atoms with Crippen LogP contribution in [-0.2, 0) is 21.0 Å². The number of piperidine rings is 1. The monoisotopic (exact) mass is 474 g/mol. The van der Waals surface area contributed by atoms with E-state index in [1.54, 1.807) is 6.07 Å². The molecule has 1 amide bonds. The van der Waals surface area contributed by atoms with Crippen molar-refractivity contribution in [2.45, 2.75) is 30.8 Å². The van der Waals surface area contributed by atoms with Gasteiger partial charge in [0.1, 0.15) is 6.54 Å². The molecule has 2 aromatic carbocycles. The third kappa shape index (κ3) is 5.33. The molecule has 1 fully saturated rings. The van der Waals surface area contributed by atoms with E-state index in [0.29, 0.717) is 29.4 Å². The summed E-state index contributed by atoms with van der Waals surface area (Å²) in [6.45, 7) is 2.36. The fourth-order valence-corrected chi connectivity index (χ4v) is 5.10. The molecule has 2 aromatic rings. The molecule has 0 unspecified atom stereocenters. The fourth-order valence-electron chi connectivity index (χ4n) is 3.38. The third-order valence-electron chi connectivity index (χ3n) is 5.29. The number of rotatable bonds is 5. The maximum Gasteiger partial charge on any atom is 0.416 e. The number of benzene rings is 2. The molecule has 1 saturated heterocycles. The van der Waals surface area contributed by atoms with Crippen molar-refractivity contribution in [2.24, 2.45) is 5.92 Å². The molecule has 0 N–H and O–H groups in total. The highest BCUT2D eigenvalue weighted by Gasteiger charge is 2.35. The van der Waals surface area contributed by atoms with Gasteiger partial charge in [0.05, 0.1) is 21.2 Å². The molecule has 10 heteroatoms. The van der Waals surface area contributed by atoms with Gasteiger partial charge in [0.15, 0.2) is 0 Å². The number of carbonyl (C=O) groups excluding carboxylic acids is 1. The van der Waals surface area contributed by atoms with Gasteiger partial charge in [-0.1, -0.05) is 36.7 Å². The quantitative estimate of drug-likeness (QED) is 0.624. The molecule has 168 valence electrons. The molecular weight excluding hydrogens is 453 g/mol. The van der Waals surface area contributed by atoms with Crippen molar-refractivity contribution in [3.05, 3.63) is 59.1 Å². The predicted molar refractivity (Wildman–Crippen MR) is 112 cm³/mol. The normalized spacial score (nSPS) is 15.7. The Morgan fingerprint density at radius 1 is 1.13 bits per heavy atom. The number of alkyl halides is 3. The van der Waals surface area contributed by atoms with Gasteiger partial charge in [-0.2, -0.15) is 13.2 Å². The standard InChI is InChI=1S/C21H22ClF3N2O3S/c1-15-9-11-26(12-10-15)20(28)14-27(31(29,30)17-5-3-2-4-6-17)19-13-16(21(23,24)25)7-8-18(19)22/h2-8,13,15H,9-12,14H2,1H3. The van der Waals surface area contributed by atoms with Gasteiger partial charge < -0.3 is 4.90 Å². The molecule has 1 aliphatic heterocycles. The summed E-state index contributed by atoms with van der Waals surface area (Å²) in [6.07, 6.45) is -3.14. The summed E-state index contributed by atoms with van der Waals surface area (Å²) >= 11 is 6.12. The molecule has 0 aromatic heterocycles. The topological polar surface area (TPSA) is 57.7 Å². The number of hydrogen-bond donors (Lipinski definition) is 0. The number of likely N-dealkylation sites (tertiary alicyclic amines) is 1. The fraction of sp³-hybridized carbons (Fsp3) is 0.381. The first kappa shape index (κ1) is 23.4. The highest BCUT2D eigenvalue weighted by atomic mass is 35.5. The van der Waals surface area contributed by atoms with Crippen molar-refractivity contribution in [1.29, 1.82) is 0 Å². The number of amides is 1. The van der Waals surface area contributed by atoms with Gasteiger partial charge in [-0.15, -0.1) is 0 Å². The lowest BCUT2D eigenvalue weighted by atomic mass is 9.99. The first-order valence-electron chi connectivity index (χ1n) is 9.72. The molecule has 0 aliphatic carbocycles. The van der Waals surface area contributed by atoms with Crippen molar-refractivity contribution >= 4 is 33.2 Å². The molecule has 3 rings (SSSR count). The zero-order chi connectivity index (χ0) is 22.8. The van der Waals surface area contributed by atoms with Crippen LogP contribution in [0.25, 0.3) is 0 Å². The van der Waals surface area contributed by atoms with Gasteiger partial charge in [-0.3, -0.25) is 9.10 Å². The van der Waals surface area contributed by atoms with E-state index in [9.17, 15) is 26.4 Å². The van der Waals surface area contributed by atoms with Crippen molar-refractivity contribution in [1.82, 2.24) is 4.90 Å². The van der Waals surface area contributed by atoms with Crippen molar-refractivity contribution in [3.8, 4) is 0 Å². The summed E-state index contributed by atoms with van der Waals surface area (Å²) in [4.78, 5) is 14.3. The van der Waals surface area contributed by atoms with E-state index in [1.807, 2.05) is 0 Å². The van der Waals surface area contributed by atoms with Crippen LogP contribution >= 0.6 is 11.6 Å². The van der Waals surface area contributed by atoms with E-state index in [2.05, 4.69) is 6.92 Å². The summed E-state index contributed by atoms with van der Waals surface area (Å²) in [7, 11) is -4.35. The summed E-state index contributed by atoms with van der Waals surface area (Å²) in [5, 5.41) is -0.201. The Balaban J connectivity index is 2.04. The van der Waals surface area contributed by atoms with Gasteiger partial charge in [-0.25, -0.2) is 8.42 Å². The second-order valence-electron chi connectivity index (χ2n) is 7.55. The van der Waals surface area contributed by atoms with Crippen LogP contribution in [0, 0.1) is 5.92 Å². The number of hydrogen-bond acceptors (Lipinski definition) is 3. The van der Waals surface area contributed by atoms with Gasteiger partial charge in [0.25, 0.3) is 10.0 Å². The van der Waals surface area contributed by atoms with E-state index in [1.165, 1.54) is 29.2 Å². The zero-order valence-electron chi connectivity index (χ0n) is 16.8. The molecule has 0 atom stereocenters. The van der Waals surface area contributed by atoms with E-state index in [-0.39, 0.29) is 15.6 Å². The molecular formula is C21H22ClF3N2O3S. The van der Waals surface area contributed by atoms with E-state index >= 15 is 0 Å². The first-order valence-corrected chi connectivity index (χ1v) is 11.5. The third-order valence-corrected chi connectivity index (χ3v) is 7.38. The van der Waals surface area contributed by atoms with Crippen molar-refractivity contribution < 1.29 is 26.4 Å². The lowest BCUT2D eigenvalue weighted by molar-refractivity contribution is -0.137. The molecule has 0 spiro atoms. The Bertz CT molecular complexity index is 1040. The maximum atomic E-state index is 13.3. The Kier molecular flexibility index (Phi) is 6.85. The average molecular weight is 475 g/mol. The number of anilines is 1. The summed E-state index contributed by atoms with van der Waals surface area (Å²) in [5.74, 6) is -0.0361. The highest BCUT2D eigenvalue weighted by Crippen LogP contribution is 2.37. The number of halogens is 4. The van der Waals surface area contributed by atoms with Gasteiger partial charge in [0, 0.05) is 13.1 Å². The lowest BCUT2D eigenvalue weighted by Gasteiger charge is -2.33. The average Bonchev–Trinajstić information content (AvgIpc) is 2.72. The molecule has 5 nitrogen and oxygen atoms in total. The number of carbonyl (C=O) groups is 1. The Labute approximate surface area is 184 Å². The van der Waals surface area contributed by atoms with Crippen molar-refractivity contribution in [2.75, 3.05) is 23.9 Å². The molecule has 0 bridgehead atoms. The summed E-state index contributed by atoms with van der Waals surface area (Å²) < 4.78 is 67.2. The van der Waals surface area contributed by atoms with Crippen LogP contribution in [0.5, 0.6) is 0 Å². The van der Waals surface area contributed by atoms with Crippen LogP contribution in [0.1, 0.15) is 25.3 Å². The van der Waals surface area contributed by atoms with E-state index in [0.717, 1.165) is 25.0 Å². The second kappa shape index (κ2) is 9.08. The molecule has 0 saturated carbocycles. The maximum absolute atomic E-state index is 13.3. The number of sulfonamides is 1. The predicted octanol–water partition coefficient (Wildman–Crippen LogP) is 4.81. The van der Waals surface area contributed by atoms with Crippen molar-refractivity contribution in [3.63, 3.8) is 0 Å². The largest absolute Gasteiger partial charge is 0.416 e. The Hall–Kier alpha value is -2.26. The minimum Gasteiger partial charge on any atom is -0.341 e. The van der Waals surface area contributed by atoms with Crippen LogP contribution < -0.4 is 4.31 Å². The Morgan fingerprint density at radius 3 is 2.32 bits per heavy atom. The minimum absolute atomic E-state index is 0.149. The van der Waals surface area contributed by atoms with Crippen LogP contribution in [-0.4, -0.2) is 38.9 Å². The Morgan fingerprint density at radius 2 is 1.74 bits per heavy atom. The van der Waals surface area contributed by atoms with Crippen LogP contribution in [0.2, 0.25) is 5.02 Å². The van der Waals surface area contributed by atoms with E-state index in [4.69, 9.17) is 11.6 Å². The number of nitrogens with zero attached hydrogens (tertiary/aromatic N) is 2. The van der Waals surface area contributed by atoms with Gasteiger partial charge >= 0.3 is 6.18 Å². The SMILES string of the molecule is CC1CCN(C(=O)CN(c2cc(C(F)(F)F)ccc2Cl)S(=O)(=O)c2ccccc2)CC1. The zero-order valence-corrected chi connectivity index (χ0v) is 18.3. The summed E-state index contributed by atoms with van der Waals surface area (Å²) in [5.41, 5.74) is -1.45. The molecule has 1 heterocycles. The smallest absolute Gasteiger partial charge is 0.341 e. The highest BCUT2D eigenvalue weighted by molar-refractivity contribution is 7.92. The van der Waals surface area contributed by atoms with Crippen LogP contribution in [0.4, 0.5) is 18.9 Å². The second-order valence-corrected chi connectivity index (χ2v) is 9.82. The first-order chi connectivity index (χ1) is 14.5. The lowest BCUT2D eigenvalue weighted by Crippen LogP contribution is -2.45. The summed E-state index contributed by atoms with van der Waals surface area (Å²) in [6, 6.07) is 9.65. The van der Waals surface area contributed by atoms with E-state index < -0.39 is 34.2 Å². The molecule has 31 heavy (non-hydrogen) atoms. The molecule has 1 aliphatic rings.